The Labute approximate surface area is 162 Å². The first-order valence-electron chi connectivity index (χ1n) is 8.68. The lowest BCUT2D eigenvalue weighted by Crippen LogP contribution is -2.27. The van der Waals surface area contributed by atoms with Gasteiger partial charge in [-0.3, -0.25) is 9.59 Å². The topological polar surface area (TPSA) is 58.2 Å². The maximum atomic E-state index is 12.1. The minimum atomic E-state index is -0.160. The van der Waals surface area contributed by atoms with E-state index in [0.717, 1.165) is 5.69 Å². The Kier molecular flexibility index (Phi) is 7.03. The average Bonchev–Trinajstić information content (AvgIpc) is 2.69. The van der Waals surface area contributed by atoms with Crippen LogP contribution in [-0.4, -0.2) is 29.9 Å². The van der Waals surface area contributed by atoms with Gasteiger partial charge >= 0.3 is 0 Å². The number of benzene rings is 2. The van der Waals surface area contributed by atoms with Crippen molar-refractivity contribution in [3.8, 4) is 0 Å². The van der Waals surface area contributed by atoms with E-state index < -0.39 is 0 Å². The molecule has 1 fully saturated rings. The van der Waals surface area contributed by atoms with Crippen LogP contribution in [0.15, 0.2) is 54.6 Å². The Balaban J connectivity index is 1.46. The lowest BCUT2D eigenvalue weighted by molar-refractivity contribution is -0.116. The van der Waals surface area contributed by atoms with Gasteiger partial charge in [-0.15, -0.1) is 23.5 Å². The molecule has 0 aromatic heterocycles. The fourth-order valence-corrected chi connectivity index (χ4v) is 5.52. The van der Waals surface area contributed by atoms with E-state index in [1.165, 1.54) is 23.5 Å². The molecule has 0 radical (unpaired) electrons. The molecule has 2 amide bonds. The zero-order valence-corrected chi connectivity index (χ0v) is 16.1. The van der Waals surface area contributed by atoms with Crippen LogP contribution in [0.5, 0.6) is 0 Å². The van der Waals surface area contributed by atoms with Crippen molar-refractivity contribution >= 4 is 41.0 Å². The summed E-state index contributed by atoms with van der Waals surface area (Å²) in [6, 6.07) is 17.1. The van der Waals surface area contributed by atoms with Crippen LogP contribution in [0.3, 0.4) is 0 Å². The van der Waals surface area contributed by atoms with Gasteiger partial charge in [-0.05, 0) is 47.8 Å². The first kappa shape index (κ1) is 18.9. The fourth-order valence-electron chi connectivity index (χ4n) is 2.65. The smallest absolute Gasteiger partial charge is 0.251 e. The summed E-state index contributed by atoms with van der Waals surface area (Å²) in [5, 5.41) is 5.70. The fraction of sp³-hybridized carbons (Fsp3) is 0.300. The molecule has 0 atom stereocenters. The predicted molar refractivity (Wildman–Crippen MR) is 111 cm³/mol. The number of hydrogen-bond acceptors (Lipinski definition) is 4. The molecule has 2 aromatic rings. The van der Waals surface area contributed by atoms with Gasteiger partial charge in [0.25, 0.3) is 5.91 Å². The number of amides is 2. The van der Waals surface area contributed by atoms with Crippen LogP contribution in [0, 0.1) is 0 Å². The summed E-state index contributed by atoms with van der Waals surface area (Å²) in [4.78, 5) is 24.1. The molecule has 1 heterocycles. The molecule has 1 aliphatic rings. The van der Waals surface area contributed by atoms with Crippen molar-refractivity contribution in [1.29, 1.82) is 0 Å². The van der Waals surface area contributed by atoms with Gasteiger partial charge in [0.05, 0.1) is 4.58 Å². The normalized spacial score (nSPS) is 14.6. The molecule has 6 heteroatoms. The molecule has 2 aromatic carbocycles. The molecular formula is C20H22N2O2S2. The number of hydrogen-bond donors (Lipinski definition) is 2. The zero-order chi connectivity index (χ0) is 18.2. The number of anilines is 1. The molecule has 0 unspecified atom stereocenters. The number of rotatable bonds is 6. The van der Waals surface area contributed by atoms with Crippen LogP contribution in [0.1, 0.15) is 33.3 Å². The van der Waals surface area contributed by atoms with Crippen LogP contribution < -0.4 is 10.6 Å². The summed E-state index contributed by atoms with van der Waals surface area (Å²) >= 11 is 3.92. The lowest BCUT2D eigenvalue weighted by atomic mass is 10.2. The second-order valence-corrected chi connectivity index (χ2v) is 8.70. The largest absolute Gasteiger partial charge is 0.352 e. The summed E-state index contributed by atoms with van der Waals surface area (Å²) < 4.78 is 0.450. The van der Waals surface area contributed by atoms with E-state index in [1.807, 2.05) is 53.9 Å². The second kappa shape index (κ2) is 9.69. The summed E-state index contributed by atoms with van der Waals surface area (Å²) in [5.41, 5.74) is 2.66. The third kappa shape index (κ3) is 5.54. The lowest BCUT2D eigenvalue weighted by Gasteiger charge is -2.21. The Morgan fingerprint density at radius 3 is 2.54 bits per heavy atom. The van der Waals surface area contributed by atoms with Crippen molar-refractivity contribution in [3.63, 3.8) is 0 Å². The van der Waals surface area contributed by atoms with Crippen LogP contribution in [0.25, 0.3) is 0 Å². The van der Waals surface area contributed by atoms with Gasteiger partial charge in [0, 0.05) is 24.2 Å². The van der Waals surface area contributed by atoms with Crippen molar-refractivity contribution in [2.75, 3.05) is 23.4 Å². The van der Waals surface area contributed by atoms with E-state index in [2.05, 4.69) is 22.8 Å². The molecule has 3 rings (SSSR count). The van der Waals surface area contributed by atoms with Crippen molar-refractivity contribution in [3.05, 3.63) is 65.7 Å². The minimum Gasteiger partial charge on any atom is -0.352 e. The highest BCUT2D eigenvalue weighted by molar-refractivity contribution is 8.16. The van der Waals surface area contributed by atoms with Gasteiger partial charge in [-0.25, -0.2) is 0 Å². The van der Waals surface area contributed by atoms with Gasteiger partial charge in [0.1, 0.15) is 0 Å². The molecule has 1 aliphatic heterocycles. The van der Waals surface area contributed by atoms with Crippen LogP contribution in [-0.2, 0) is 4.79 Å². The summed E-state index contributed by atoms with van der Waals surface area (Å²) in [6.45, 7) is 0.313. The molecule has 136 valence electrons. The third-order valence-corrected chi connectivity index (χ3v) is 6.96. The Morgan fingerprint density at radius 2 is 1.77 bits per heavy atom. The first-order valence-corrected chi connectivity index (χ1v) is 10.8. The average molecular weight is 387 g/mol. The predicted octanol–water partition coefficient (Wildman–Crippen LogP) is 4.31. The van der Waals surface area contributed by atoms with E-state index in [-0.39, 0.29) is 18.2 Å². The quantitative estimate of drug-likeness (QED) is 0.776. The Morgan fingerprint density at radius 1 is 1.00 bits per heavy atom. The van der Waals surface area contributed by atoms with Crippen molar-refractivity contribution < 1.29 is 9.59 Å². The van der Waals surface area contributed by atoms with Crippen LogP contribution >= 0.6 is 23.5 Å². The van der Waals surface area contributed by atoms with Crippen molar-refractivity contribution in [2.45, 2.75) is 17.4 Å². The van der Waals surface area contributed by atoms with Crippen molar-refractivity contribution in [2.24, 2.45) is 0 Å². The third-order valence-electron chi connectivity index (χ3n) is 3.94. The maximum absolute atomic E-state index is 12.1. The van der Waals surface area contributed by atoms with Gasteiger partial charge in [0.2, 0.25) is 5.91 Å². The molecular weight excluding hydrogens is 364 g/mol. The van der Waals surface area contributed by atoms with Gasteiger partial charge in [0.15, 0.2) is 0 Å². The van der Waals surface area contributed by atoms with Crippen LogP contribution in [0.4, 0.5) is 5.69 Å². The highest BCUT2D eigenvalue weighted by Gasteiger charge is 2.17. The zero-order valence-electron chi connectivity index (χ0n) is 14.4. The van der Waals surface area contributed by atoms with E-state index >= 15 is 0 Å². The molecule has 0 spiro atoms. The van der Waals surface area contributed by atoms with E-state index in [1.54, 1.807) is 12.1 Å². The van der Waals surface area contributed by atoms with E-state index in [9.17, 15) is 9.59 Å². The van der Waals surface area contributed by atoms with E-state index in [4.69, 9.17) is 0 Å². The van der Waals surface area contributed by atoms with Gasteiger partial charge in [-0.2, -0.15) is 0 Å². The molecule has 1 saturated heterocycles. The molecule has 0 aliphatic carbocycles. The number of carbonyl (C=O) groups excluding carboxylic acids is 2. The summed E-state index contributed by atoms with van der Waals surface area (Å²) in [7, 11) is 0. The molecule has 0 saturated carbocycles. The Bertz CT molecular complexity index is 746. The standard InChI is InChI=1S/C20H22N2O2S2/c23-18(10-11-21-19(24)15-6-2-1-3-7-15)22-17-9-4-8-16(14-17)20-25-12-5-13-26-20/h1-4,6-9,14,20H,5,10-13H2,(H,21,24)(H,22,23). The highest BCUT2D eigenvalue weighted by atomic mass is 32.2. The Hall–Kier alpha value is -1.92. The number of thioether (sulfide) groups is 2. The maximum Gasteiger partial charge on any atom is 0.251 e. The SMILES string of the molecule is O=C(CCNC(=O)c1ccccc1)Nc1cccc(C2SCCCS2)c1. The summed E-state index contributed by atoms with van der Waals surface area (Å²) in [5.74, 6) is 2.12. The van der Waals surface area contributed by atoms with Crippen molar-refractivity contribution in [1.82, 2.24) is 5.32 Å². The summed E-state index contributed by atoms with van der Waals surface area (Å²) in [6.07, 6.45) is 1.51. The molecule has 0 bridgehead atoms. The monoisotopic (exact) mass is 386 g/mol. The molecule has 2 N–H and O–H groups in total. The molecule has 4 nitrogen and oxygen atoms in total. The van der Waals surface area contributed by atoms with Gasteiger partial charge < -0.3 is 10.6 Å². The second-order valence-electron chi connectivity index (χ2n) is 5.97. The minimum absolute atomic E-state index is 0.0977. The molecule has 26 heavy (non-hydrogen) atoms. The van der Waals surface area contributed by atoms with E-state index in [0.29, 0.717) is 16.7 Å². The number of carbonyl (C=O) groups is 2. The number of nitrogens with one attached hydrogen (secondary N) is 2. The van der Waals surface area contributed by atoms with Crippen LogP contribution in [0.2, 0.25) is 0 Å². The highest BCUT2D eigenvalue weighted by Crippen LogP contribution is 2.43. The van der Waals surface area contributed by atoms with Gasteiger partial charge in [-0.1, -0.05) is 30.3 Å². The first-order chi connectivity index (χ1) is 12.7.